The van der Waals surface area contributed by atoms with Crippen molar-refractivity contribution in [1.82, 2.24) is 14.0 Å². The predicted molar refractivity (Wildman–Crippen MR) is 86.4 cm³/mol. The Labute approximate surface area is 141 Å². The second kappa shape index (κ2) is 6.34. The maximum Gasteiger partial charge on any atom is 0.275 e. The van der Waals surface area contributed by atoms with E-state index < -0.39 is 0 Å². The Balaban J connectivity index is 0.00000156. The normalized spacial score (nSPS) is 20.9. The Morgan fingerprint density at radius 3 is 2.91 bits per heavy atom. The van der Waals surface area contributed by atoms with Gasteiger partial charge in [-0.15, -0.1) is 0 Å². The molecule has 1 saturated heterocycles. The van der Waals surface area contributed by atoms with Crippen LogP contribution in [0.5, 0.6) is 0 Å². The van der Waals surface area contributed by atoms with E-state index in [9.17, 15) is 4.79 Å². The Morgan fingerprint density at radius 1 is 1.30 bits per heavy atom. The number of aromatic nitrogens is 3. The van der Waals surface area contributed by atoms with Crippen molar-refractivity contribution < 1.29 is 17.3 Å². The Hall–Kier alpha value is -1.85. The number of hydrogen-bond donors (Lipinski definition) is 1. The molecule has 4 rings (SSSR count). The number of nitrogens with one attached hydrogen (secondary N) is 1. The molecule has 1 fully saturated rings. The quantitative estimate of drug-likeness (QED) is 0.587. The molecule has 1 aliphatic rings. The van der Waals surface area contributed by atoms with E-state index in [0.717, 1.165) is 24.1 Å². The van der Waals surface area contributed by atoms with Gasteiger partial charge in [-0.25, -0.2) is 4.98 Å². The fourth-order valence-electron chi connectivity index (χ4n) is 3.75. The number of fused-ring (bicyclic) bond motifs is 3. The lowest BCUT2D eigenvalue weighted by Gasteiger charge is -2.18. The van der Waals surface area contributed by atoms with Crippen LogP contribution in [0, 0.1) is 0 Å². The van der Waals surface area contributed by atoms with E-state index in [2.05, 4.69) is 12.0 Å². The molecular formula is C17H21ClN4O. The van der Waals surface area contributed by atoms with Crippen molar-refractivity contribution >= 4 is 16.7 Å². The van der Waals surface area contributed by atoms with Crippen molar-refractivity contribution in [3.8, 4) is 0 Å². The molecule has 4 heterocycles. The Bertz CT molecular complexity index is 885. The molecule has 5 nitrogen and oxygen atoms in total. The highest BCUT2D eigenvalue weighted by Gasteiger charge is 2.25. The minimum absolute atomic E-state index is 0. The Morgan fingerprint density at radius 2 is 2.13 bits per heavy atom. The van der Waals surface area contributed by atoms with Crippen molar-refractivity contribution in [2.75, 3.05) is 13.6 Å². The SMILES string of the molecule is C[NH+]1CCCC1CCn1c(=O)c2cccn2c2ncccc21.[Cl-]. The highest BCUT2D eigenvalue weighted by Crippen LogP contribution is 2.14. The number of nitrogens with zero attached hydrogens (tertiary/aromatic N) is 3. The topological polar surface area (TPSA) is 43.7 Å². The van der Waals surface area contributed by atoms with Crippen molar-refractivity contribution in [2.45, 2.75) is 31.8 Å². The van der Waals surface area contributed by atoms with E-state index in [1.165, 1.54) is 19.4 Å². The van der Waals surface area contributed by atoms with Crippen LogP contribution < -0.4 is 22.9 Å². The fourth-order valence-corrected chi connectivity index (χ4v) is 3.75. The monoisotopic (exact) mass is 332 g/mol. The van der Waals surface area contributed by atoms with Crippen molar-refractivity contribution in [3.05, 3.63) is 47.0 Å². The predicted octanol–water partition coefficient (Wildman–Crippen LogP) is -2.28. The third kappa shape index (κ3) is 2.64. The molecule has 2 unspecified atom stereocenters. The first-order chi connectivity index (χ1) is 10.8. The zero-order valence-electron chi connectivity index (χ0n) is 13.2. The van der Waals surface area contributed by atoms with Crippen LogP contribution in [0.4, 0.5) is 0 Å². The van der Waals surface area contributed by atoms with Gasteiger partial charge in [-0.05, 0) is 24.3 Å². The maximum absolute atomic E-state index is 12.8. The average molecular weight is 333 g/mol. The van der Waals surface area contributed by atoms with E-state index in [1.54, 1.807) is 11.1 Å². The van der Waals surface area contributed by atoms with Gasteiger partial charge in [-0.1, -0.05) is 0 Å². The minimum atomic E-state index is 0. The van der Waals surface area contributed by atoms with E-state index in [1.807, 2.05) is 39.4 Å². The molecule has 2 atom stereocenters. The molecule has 0 amide bonds. The first-order valence-electron chi connectivity index (χ1n) is 8.02. The van der Waals surface area contributed by atoms with E-state index in [-0.39, 0.29) is 18.0 Å². The second-order valence-corrected chi connectivity index (χ2v) is 6.29. The maximum atomic E-state index is 12.8. The first-order valence-corrected chi connectivity index (χ1v) is 8.02. The summed E-state index contributed by atoms with van der Waals surface area (Å²) in [7, 11) is 2.26. The van der Waals surface area contributed by atoms with E-state index in [0.29, 0.717) is 11.6 Å². The largest absolute Gasteiger partial charge is 1.00 e. The molecule has 0 aromatic carbocycles. The molecule has 3 aromatic heterocycles. The highest BCUT2D eigenvalue weighted by molar-refractivity contribution is 5.74. The molecule has 0 saturated carbocycles. The number of quaternary nitrogens is 1. The molecule has 0 radical (unpaired) electrons. The van der Waals surface area contributed by atoms with Crippen LogP contribution in [0.2, 0.25) is 0 Å². The van der Waals surface area contributed by atoms with Gasteiger partial charge in [0.2, 0.25) is 0 Å². The number of aryl methyl sites for hydroxylation is 1. The molecule has 122 valence electrons. The van der Waals surface area contributed by atoms with Crippen LogP contribution in [0.1, 0.15) is 19.3 Å². The van der Waals surface area contributed by atoms with E-state index >= 15 is 0 Å². The summed E-state index contributed by atoms with van der Waals surface area (Å²) in [5, 5.41) is 0. The molecule has 6 heteroatoms. The van der Waals surface area contributed by atoms with Gasteiger partial charge < -0.3 is 21.9 Å². The van der Waals surface area contributed by atoms with Crippen molar-refractivity contribution in [3.63, 3.8) is 0 Å². The average Bonchev–Trinajstić information content (AvgIpc) is 3.17. The number of likely N-dealkylation sites (tertiary alicyclic amines) is 1. The summed E-state index contributed by atoms with van der Waals surface area (Å²) < 4.78 is 3.80. The number of pyridine rings is 1. The smallest absolute Gasteiger partial charge is 0.275 e. The minimum Gasteiger partial charge on any atom is -1.00 e. The molecule has 0 bridgehead atoms. The summed E-state index contributed by atoms with van der Waals surface area (Å²) in [6.07, 6.45) is 7.30. The van der Waals surface area contributed by atoms with Gasteiger partial charge in [-0.3, -0.25) is 9.20 Å². The molecule has 23 heavy (non-hydrogen) atoms. The molecule has 3 aromatic rings. The highest BCUT2D eigenvalue weighted by atomic mass is 35.5. The second-order valence-electron chi connectivity index (χ2n) is 6.29. The number of rotatable bonds is 3. The van der Waals surface area contributed by atoms with Gasteiger partial charge in [0, 0.05) is 38.2 Å². The zero-order valence-corrected chi connectivity index (χ0v) is 14.0. The molecule has 1 N–H and O–H groups in total. The summed E-state index contributed by atoms with van der Waals surface area (Å²) in [6.45, 7) is 2.02. The lowest BCUT2D eigenvalue weighted by Crippen LogP contribution is -3.10. The van der Waals surface area contributed by atoms with Gasteiger partial charge in [0.25, 0.3) is 5.56 Å². The molecular weight excluding hydrogens is 312 g/mol. The van der Waals surface area contributed by atoms with Crippen LogP contribution in [-0.2, 0) is 6.54 Å². The van der Waals surface area contributed by atoms with Gasteiger partial charge in [0.15, 0.2) is 5.65 Å². The summed E-state index contributed by atoms with van der Waals surface area (Å²) in [6, 6.07) is 8.35. The van der Waals surface area contributed by atoms with Gasteiger partial charge >= 0.3 is 0 Å². The summed E-state index contributed by atoms with van der Waals surface area (Å²) in [5.74, 6) is 0. The first kappa shape index (κ1) is 16.0. The van der Waals surface area contributed by atoms with Crippen LogP contribution in [0.15, 0.2) is 41.5 Å². The Kier molecular flexibility index (Phi) is 4.41. The van der Waals surface area contributed by atoms with Crippen LogP contribution in [0.3, 0.4) is 0 Å². The lowest BCUT2D eigenvalue weighted by atomic mass is 10.1. The summed E-state index contributed by atoms with van der Waals surface area (Å²) in [5.41, 5.74) is 2.57. The van der Waals surface area contributed by atoms with Gasteiger partial charge in [0.05, 0.1) is 25.2 Å². The molecule has 1 aliphatic heterocycles. The van der Waals surface area contributed by atoms with Crippen LogP contribution >= 0.6 is 0 Å². The standard InChI is InChI=1S/C17H20N4O.ClH/c1-19-10-3-5-13(19)8-12-21-14-6-2-9-18-16(14)20-11-4-7-15(20)17(21)22;/h2,4,6-7,9,11,13H,3,5,8,10,12H2,1H3;1H. The third-order valence-electron chi connectivity index (χ3n) is 5.02. The van der Waals surface area contributed by atoms with Crippen LogP contribution in [0.25, 0.3) is 16.7 Å². The zero-order chi connectivity index (χ0) is 15.1. The van der Waals surface area contributed by atoms with E-state index in [4.69, 9.17) is 0 Å². The third-order valence-corrected chi connectivity index (χ3v) is 5.02. The molecule has 0 spiro atoms. The lowest BCUT2D eigenvalue weighted by molar-refractivity contribution is -0.892. The summed E-state index contributed by atoms with van der Waals surface area (Å²) in [4.78, 5) is 18.9. The van der Waals surface area contributed by atoms with Gasteiger partial charge in [0.1, 0.15) is 5.52 Å². The van der Waals surface area contributed by atoms with Crippen molar-refractivity contribution in [2.24, 2.45) is 0 Å². The molecule has 0 aliphatic carbocycles. The number of halogens is 1. The van der Waals surface area contributed by atoms with Crippen LogP contribution in [-0.4, -0.2) is 33.6 Å². The summed E-state index contributed by atoms with van der Waals surface area (Å²) >= 11 is 0. The fraction of sp³-hybridized carbons (Fsp3) is 0.412. The van der Waals surface area contributed by atoms with Gasteiger partial charge in [-0.2, -0.15) is 0 Å². The van der Waals surface area contributed by atoms with Crippen molar-refractivity contribution in [1.29, 1.82) is 0 Å². The number of hydrogen-bond acceptors (Lipinski definition) is 2.